The molecule has 0 bridgehead atoms. The van der Waals surface area contributed by atoms with E-state index in [0.717, 1.165) is 55.4 Å². The Morgan fingerprint density at radius 2 is 1.75 bits per heavy atom. The van der Waals surface area contributed by atoms with E-state index in [9.17, 15) is 0 Å². The average molecular weight is 335 g/mol. The van der Waals surface area contributed by atoms with Crippen LogP contribution in [0.5, 0.6) is 0 Å². The van der Waals surface area contributed by atoms with Crippen LogP contribution < -0.4 is 5.32 Å². The SMILES string of the molecule is CC1=C(C)CC(CC2=C(C)OCC(CC3=C(C)NCCO3)O2)OC1. The zero-order valence-electron chi connectivity index (χ0n) is 15.2. The summed E-state index contributed by atoms with van der Waals surface area (Å²) in [6, 6.07) is 0. The van der Waals surface area contributed by atoms with E-state index in [1.54, 1.807) is 0 Å². The van der Waals surface area contributed by atoms with Crippen LogP contribution in [0.2, 0.25) is 0 Å². The molecule has 0 aromatic heterocycles. The van der Waals surface area contributed by atoms with Crippen LogP contribution in [0.15, 0.2) is 34.1 Å². The third-order valence-corrected chi connectivity index (χ3v) is 5.00. The number of hydrogen-bond acceptors (Lipinski definition) is 5. The van der Waals surface area contributed by atoms with Gasteiger partial charge in [-0.3, -0.25) is 0 Å². The van der Waals surface area contributed by atoms with E-state index < -0.39 is 0 Å². The van der Waals surface area contributed by atoms with Crippen LogP contribution in [0.3, 0.4) is 0 Å². The van der Waals surface area contributed by atoms with Crippen molar-refractivity contribution in [1.29, 1.82) is 0 Å². The van der Waals surface area contributed by atoms with Crippen LogP contribution in [0.25, 0.3) is 0 Å². The van der Waals surface area contributed by atoms with E-state index >= 15 is 0 Å². The van der Waals surface area contributed by atoms with Gasteiger partial charge in [0, 0.05) is 25.1 Å². The Labute approximate surface area is 144 Å². The largest absolute Gasteiger partial charge is 0.494 e. The summed E-state index contributed by atoms with van der Waals surface area (Å²) in [5.41, 5.74) is 3.88. The summed E-state index contributed by atoms with van der Waals surface area (Å²) in [6.07, 6.45) is 2.64. The fourth-order valence-corrected chi connectivity index (χ4v) is 3.23. The first-order valence-corrected chi connectivity index (χ1v) is 8.85. The maximum Gasteiger partial charge on any atom is 0.139 e. The molecule has 0 aromatic carbocycles. The second kappa shape index (κ2) is 7.51. The predicted octanol–water partition coefficient (Wildman–Crippen LogP) is 3.39. The molecule has 2 atom stereocenters. The van der Waals surface area contributed by atoms with Crippen LogP contribution in [0, 0.1) is 0 Å². The Kier molecular flexibility index (Phi) is 5.39. The summed E-state index contributed by atoms with van der Waals surface area (Å²) < 4.78 is 23.8. The molecule has 0 aliphatic carbocycles. The Bertz CT molecular complexity index is 576. The van der Waals surface area contributed by atoms with E-state index in [1.165, 1.54) is 11.1 Å². The Hall–Kier alpha value is -1.62. The standard InChI is InChI=1S/C19H29NO4/c1-12-7-16(23-10-13(12)2)8-19-15(4)22-11-17(24-19)9-18-14(3)20-5-6-21-18/h16-17,20H,5-11H2,1-4H3. The second-order valence-corrected chi connectivity index (χ2v) is 6.96. The summed E-state index contributed by atoms with van der Waals surface area (Å²) in [6.45, 7) is 11.2. The second-order valence-electron chi connectivity index (χ2n) is 6.96. The molecule has 0 radical (unpaired) electrons. The number of rotatable bonds is 4. The Morgan fingerprint density at radius 3 is 2.50 bits per heavy atom. The van der Waals surface area contributed by atoms with Gasteiger partial charge in [0.2, 0.25) is 0 Å². The average Bonchev–Trinajstić information content (AvgIpc) is 2.56. The van der Waals surface area contributed by atoms with Gasteiger partial charge in [0.15, 0.2) is 0 Å². The van der Waals surface area contributed by atoms with Crippen molar-refractivity contribution in [2.24, 2.45) is 0 Å². The molecule has 134 valence electrons. The van der Waals surface area contributed by atoms with Gasteiger partial charge < -0.3 is 24.3 Å². The first kappa shape index (κ1) is 17.2. The van der Waals surface area contributed by atoms with Crippen LogP contribution in [0.1, 0.15) is 47.0 Å². The van der Waals surface area contributed by atoms with E-state index in [0.29, 0.717) is 13.2 Å². The molecule has 5 nitrogen and oxygen atoms in total. The number of nitrogens with one attached hydrogen (secondary N) is 1. The summed E-state index contributed by atoms with van der Waals surface area (Å²) in [5, 5.41) is 3.34. The van der Waals surface area contributed by atoms with Gasteiger partial charge in [-0.2, -0.15) is 0 Å². The third kappa shape index (κ3) is 4.07. The first-order chi connectivity index (χ1) is 11.5. The summed E-state index contributed by atoms with van der Waals surface area (Å²) in [5.74, 6) is 2.79. The molecule has 2 unspecified atom stereocenters. The number of hydrogen-bond donors (Lipinski definition) is 1. The molecule has 0 saturated carbocycles. The molecule has 24 heavy (non-hydrogen) atoms. The quantitative estimate of drug-likeness (QED) is 0.798. The first-order valence-electron chi connectivity index (χ1n) is 8.85. The van der Waals surface area contributed by atoms with Gasteiger partial charge in [0.1, 0.15) is 36.6 Å². The summed E-state index contributed by atoms with van der Waals surface area (Å²) in [4.78, 5) is 0. The normalized spacial score (nSPS) is 28.2. The lowest BCUT2D eigenvalue weighted by atomic mass is 9.99. The molecule has 0 saturated heterocycles. The lowest BCUT2D eigenvalue weighted by molar-refractivity contribution is -0.0300. The van der Waals surface area contributed by atoms with Crippen molar-refractivity contribution in [1.82, 2.24) is 5.32 Å². The van der Waals surface area contributed by atoms with Crippen LogP contribution >= 0.6 is 0 Å². The number of allylic oxidation sites excluding steroid dienone is 2. The van der Waals surface area contributed by atoms with Gasteiger partial charge in [0.05, 0.1) is 12.7 Å². The van der Waals surface area contributed by atoms with Crippen LogP contribution in [0.4, 0.5) is 0 Å². The van der Waals surface area contributed by atoms with Crippen molar-refractivity contribution in [3.05, 3.63) is 34.1 Å². The molecule has 5 heteroatoms. The molecule has 3 aliphatic heterocycles. The van der Waals surface area contributed by atoms with Crippen LogP contribution in [-0.4, -0.2) is 38.6 Å². The van der Waals surface area contributed by atoms with E-state index in [2.05, 4.69) is 19.2 Å². The monoisotopic (exact) mass is 335 g/mol. The molecule has 3 aliphatic rings. The van der Waals surface area contributed by atoms with E-state index in [-0.39, 0.29) is 12.2 Å². The molecule has 0 aromatic rings. The van der Waals surface area contributed by atoms with Crippen molar-refractivity contribution in [2.75, 3.05) is 26.4 Å². The van der Waals surface area contributed by atoms with Crippen molar-refractivity contribution in [3.8, 4) is 0 Å². The van der Waals surface area contributed by atoms with Crippen LogP contribution in [-0.2, 0) is 18.9 Å². The van der Waals surface area contributed by atoms with Gasteiger partial charge in [-0.15, -0.1) is 0 Å². The van der Waals surface area contributed by atoms with Gasteiger partial charge in [-0.25, -0.2) is 0 Å². The molecule has 3 heterocycles. The number of ether oxygens (including phenoxy) is 4. The summed E-state index contributed by atoms with van der Waals surface area (Å²) in [7, 11) is 0. The Morgan fingerprint density at radius 1 is 0.958 bits per heavy atom. The Balaban J connectivity index is 1.60. The maximum atomic E-state index is 6.23. The van der Waals surface area contributed by atoms with E-state index in [4.69, 9.17) is 18.9 Å². The van der Waals surface area contributed by atoms with Gasteiger partial charge in [-0.1, -0.05) is 5.57 Å². The van der Waals surface area contributed by atoms with Gasteiger partial charge in [0.25, 0.3) is 0 Å². The topological polar surface area (TPSA) is 49.0 Å². The highest BCUT2D eigenvalue weighted by Gasteiger charge is 2.28. The van der Waals surface area contributed by atoms with E-state index in [1.807, 2.05) is 13.8 Å². The van der Waals surface area contributed by atoms with Crippen molar-refractivity contribution in [2.45, 2.75) is 59.2 Å². The highest BCUT2D eigenvalue weighted by Crippen LogP contribution is 2.30. The zero-order chi connectivity index (χ0) is 17.1. The molecule has 0 spiro atoms. The minimum Gasteiger partial charge on any atom is -0.494 e. The fourth-order valence-electron chi connectivity index (χ4n) is 3.23. The van der Waals surface area contributed by atoms with Crippen molar-refractivity contribution >= 4 is 0 Å². The van der Waals surface area contributed by atoms with Crippen molar-refractivity contribution in [3.63, 3.8) is 0 Å². The molecule has 0 fully saturated rings. The van der Waals surface area contributed by atoms with Gasteiger partial charge >= 0.3 is 0 Å². The van der Waals surface area contributed by atoms with Crippen molar-refractivity contribution < 1.29 is 18.9 Å². The minimum atomic E-state index is -0.00415. The fraction of sp³-hybridized carbons (Fsp3) is 0.684. The maximum absolute atomic E-state index is 6.23. The highest BCUT2D eigenvalue weighted by molar-refractivity contribution is 5.16. The molecular formula is C19H29NO4. The highest BCUT2D eigenvalue weighted by atomic mass is 16.6. The molecule has 0 amide bonds. The third-order valence-electron chi connectivity index (χ3n) is 5.00. The zero-order valence-corrected chi connectivity index (χ0v) is 15.2. The lowest BCUT2D eigenvalue weighted by Crippen LogP contribution is -2.31. The lowest BCUT2D eigenvalue weighted by Gasteiger charge is -2.32. The molecule has 3 rings (SSSR count). The van der Waals surface area contributed by atoms with Gasteiger partial charge in [-0.05, 0) is 39.7 Å². The smallest absolute Gasteiger partial charge is 0.139 e. The minimum absolute atomic E-state index is 0.00415. The summed E-state index contributed by atoms with van der Waals surface area (Å²) >= 11 is 0. The molecule has 1 N–H and O–H groups in total. The predicted molar refractivity (Wildman–Crippen MR) is 92.1 cm³/mol. The molecular weight excluding hydrogens is 306 g/mol.